The Kier molecular flexibility index (Phi) is 6.33. The van der Waals surface area contributed by atoms with Crippen molar-refractivity contribution < 1.29 is 4.74 Å². The average molecular weight is 341 g/mol. The SMILES string of the molecule is CCCNCc1ccc(Br)cc1N1CCC(COC)C1. The van der Waals surface area contributed by atoms with Crippen LogP contribution in [0.1, 0.15) is 25.3 Å². The summed E-state index contributed by atoms with van der Waals surface area (Å²) in [6, 6.07) is 6.61. The molecule has 1 unspecified atom stereocenters. The van der Waals surface area contributed by atoms with E-state index in [1.165, 1.54) is 24.1 Å². The molecule has 0 saturated carbocycles. The Morgan fingerprint density at radius 3 is 3.05 bits per heavy atom. The standard InChI is InChI=1S/C16H25BrN2O/c1-3-7-18-10-14-4-5-15(17)9-16(14)19-8-6-13(11-19)12-20-2/h4-5,9,13,18H,3,6-8,10-12H2,1-2H3. The molecule has 0 amide bonds. The van der Waals surface area contributed by atoms with E-state index < -0.39 is 0 Å². The largest absolute Gasteiger partial charge is 0.384 e. The zero-order valence-electron chi connectivity index (χ0n) is 12.5. The lowest BCUT2D eigenvalue weighted by Gasteiger charge is -2.23. The first-order valence-electron chi connectivity index (χ1n) is 7.47. The second kappa shape index (κ2) is 8.01. The maximum Gasteiger partial charge on any atom is 0.0508 e. The van der Waals surface area contributed by atoms with Gasteiger partial charge < -0.3 is 15.0 Å². The first kappa shape index (κ1) is 15.8. The molecule has 1 N–H and O–H groups in total. The predicted octanol–water partition coefficient (Wildman–Crippen LogP) is 3.42. The zero-order valence-corrected chi connectivity index (χ0v) is 14.1. The number of hydrogen-bond acceptors (Lipinski definition) is 3. The Morgan fingerprint density at radius 2 is 2.30 bits per heavy atom. The van der Waals surface area contributed by atoms with Crippen molar-refractivity contribution in [3.05, 3.63) is 28.2 Å². The third kappa shape index (κ3) is 4.21. The molecular formula is C16H25BrN2O. The highest BCUT2D eigenvalue weighted by atomic mass is 79.9. The van der Waals surface area contributed by atoms with Crippen molar-refractivity contribution >= 4 is 21.6 Å². The molecule has 3 nitrogen and oxygen atoms in total. The van der Waals surface area contributed by atoms with Crippen molar-refractivity contribution in [2.45, 2.75) is 26.3 Å². The first-order chi connectivity index (χ1) is 9.74. The van der Waals surface area contributed by atoms with E-state index in [1.807, 2.05) is 0 Å². The van der Waals surface area contributed by atoms with Crippen LogP contribution in [0.2, 0.25) is 0 Å². The van der Waals surface area contributed by atoms with Crippen molar-refractivity contribution in [1.82, 2.24) is 5.32 Å². The van der Waals surface area contributed by atoms with Crippen LogP contribution in [-0.4, -0.2) is 33.4 Å². The first-order valence-corrected chi connectivity index (χ1v) is 8.27. The van der Waals surface area contributed by atoms with Gasteiger partial charge in [-0.25, -0.2) is 0 Å². The van der Waals surface area contributed by atoms with E-state index in [9.17, 15) is 0 Å². The minimum Gasteiger partial charge on any atom is -0.384 e. The molecule has 1 aliphatic rings. The van der Waals surface area contributed by atoms with Gasteiger partial charge in [-0.1, -0.05) is 28.9 Å². The van der Waals surface area contributed by atoms with Gasteiger partial charge in [0.25, 0.3) is 0 Å². The highest BCUT2D eigenvalue weighted by Gasteiger charge is 2.24. The van der Waals surface area contributed by atoms with Crippen LogP contribution in [0.25, 0.3) is 0 Å². The maximum absolute atomic E-state index is 5.30. The van der Waals surface area contributed by atoms with Crippen molar-refractivity contribution in [2.75, 3.05) is 38.3 Å². The Labute approximate surface area is 130 Å². The van der Waals surface area contributed by atoms with Crippen LogP contribution in [0.5, 0.6) is 0 Å². The number of rotatable bonds is 7. The molecular weight excluding hydrogens is 316 g/mol. The number of benzene rings is 1. The Balaban J connectivity index is 2.07. The van der Waals surface area contributed by atoms with E-state index in [2.05, 4.69) is 51.3 Å². The third-order valence-corrected chi connectivity index (χ3v) is 4.31. The van der Waals surface area contributed by atoms with Crippen LogP contribution in [0.3, 0.4) is 0 Å². The van der Waals surface area contributed by atoms with E-state index in [1.54, 1.807) is 7.11 Å². The van der Waals surface area contributed by atoms with Crippen LogP contribution in [-0.2, 0) is 11.3 Å². The number of anilines is 1. The second-order valence-electron chi connectivity index (χ2n) is 5.51. The summed E-state index contributed by atoms with van der Waals surface area (Å²) in [5.74, 6) is 0.662. The molecule has 1 saturated heterocycles. The highest BCUT2D eigenvalue weighted by Crippen LogP contribution is 2.30. The normalized spacial score (nSPS) is 18.8. The quantitative estimate of drug-likeness (QED) is 0.769. The Morgan fingerprint density at radius 1 is 1.45 bits per heavy atom. The van der Waals surface area contributed by atoms with Crippen LogP contribution in [0, 0.1) is 5.92 Å². The lowest BCUT2D eigenvalue weighted by Crippen LogP contribution is -2.24. The molecule has 4 heteroatoms. The van der Waals surface area contributed by atoms with Crippen molar-refractivity contribution in [3.63, 3.8) is 0 Å². The molecule has 112 valence electrons. The van der Waals surface area contributed by atoms with Gasteiger partial charge in [-0.05, 0) is 37.1 Å². The summed E-state index contributed by atoms with van der Waals surface area (Å²) in [6.07, 6.45) is 2.40. The monoisotopic (exact) mass is 340 g/mol. The molecule has 1 aromatic carbocycles. The smallest absolute Gasteiger partial charge is 0.0508 e. The van der Waals surface area contributed by atoms with Gasteiger partial charge in [0.05, 0.1) is 6.61 Å². The minimum absolute atomic E-state index is 0.662. The van der Waals surface area contributed by atoms with Crippen molar-refractivity contribution in [3.8, 4) is 0 Å². The van der Waals surface area contributed by atoms with Gasteiger partial charge in [-0.2, -0.15) is 0 Å². The Hall–Kier alpha value is -0.580. The molecule has 20 heavy (non-hydrogen) atoms. The fourth-order valence-corrected chi connectivity index (χ4v) is 3.15. The molecule has 0 radical (unpaired) electrons. The summed E-state index contributed by atoms with van der Waals surface area (Å²) in [7, 11) is 1.79. The van der Waals surface area contributed by atoms with Gasteiger partial charge in [-0.15, -0.1) is 0 Å². The average Bonchev–Trinajstić information content (AvgIpc) is 2.89. The molecule has 0 spiro atoms. The highest BCUT2D eigenvalue weighted by molar-refractivity contribution is 9.10. The van der Waals surface area contributed by atoms with Gasteiger partial charge in [0.1, 0.15) is 0 Å². The predicted molar refractivity (Wildman–Crippen MR) is 88.3 cm³/mol. The second-order valence-corrected chi connectivity index (χ2v) is 6.42. The molecule has 1 heterocycles. The minimum atomic E-state index is 0.662. The molecule has 2 rings (SSSR count). The fourth-order valence-electron chi connectivity index (χ4n) is 2.80. The summed E-state index contributed by atoms with van der Waals surface area (Å²) in [4.78, 5) is 2.50. The van der Waals surface area contributed by atoms with Gasteiger partial charge in [0.15, 0.2) is 0 Å². The number of methoxy groups -OCH3 is 1. The van der Waals surface area contributed by atoms with E-state index in [-0.39, 0.29) is 0 Å². The van der Waals surface area contributed by atoms with Crippen molar-refractivity contribution in [1.29, 1.82) is 0 Å². The molecule has 1 atom stereocenters. The fraction of sp³-hybridized carbons (Fsp3) is 0.625. The molecule has 0 bridgehead atoms. The molecule has 0 aliphatic carbocycles. The number of nitrogens with zero attached hydrogens (tertiary/aromatic N) is 1. The lowest BCUT2D eigenvalue weighted by molar-refractivity contribution is 0.161. The van der Waals surface area contributed by atoms with E-state index >= 15 is 0 Å². The number of hydrogen-bond donors (Lipinski definition) is 1. The molecule has 1 aromatic rings. The summed E-state index contributed by atoms with van der Waals surface area (Å²) >= 11 is 3.60. The summed E-state index contributed by atoms with van der Waals surface area (Å²) in [5.41, 5.74) is 2.75. The van der Waals surface area contributed by atoms with Crippen LogP contribution < -0.4 is 10.2 Å². The lowest BCUT2D eigenvalue weighted by atomic mass is 10.1. The number of nitrogens with one attached hydrogen (secondary N) is 1. The van der Waals surface area contributed by atoms with Gasteiger partial charge in [0, 0.05) is 42.8 Å². The zero-order chi connectivity index (χ0) is 14.4. The molecule has 1 fully saturated rings. The van der Waals surface area contributed by atoms with Gasteiger partial charge >= 0.3 is 0 Å². The summed E-state index contributed by atoms with van der Waals surface area (Å²) in [5, 5.41) is 3.50. The van der Waals surface area contributed by atoms with Gasteiger partial charge in [-0.3, -0.25) is 0 Å². The van der Waals surface area contributed by atoms with E-state index in [0.29, 0.717) is 5.92 Å². The van der Waals surface area contributed by atoms with Crippen LogP contribution in [0.15, 0.2) is 22.7 Å². The summed E-state index contributed by atoms with van der Waals surface area (Å²) in [6.45, 7) is 7.32. The maximum atomic E-state index is 5.30. The number of ether oxygens (including phenoxy) is 1. The topological polar surface area (TPSA) is 24.5 Å². The van der Waals surface area contributed by atoms with Crippen molar-refractivity contribution in [2.24, 2.45) is 5.92 Å². The van der Waals surface area contributed by atoms with Crippen LogP contribution in [0.4, 0.5) is 5.69 Å². The van der Waals surface area contributed by atoms with E-state index in [0.717, 1.165) is 37.3 Å². The molecule has 0 aromatic heterocycles. The van der Waals surface area contributed by atoms with Crippen LogP contribution >= 0.6 is 15.9 Å². The number of halogens is 1. The summed E-state index contributed by atoms with van der Waals surface area (Å²) < 4.78 is 6.45. The molecule has 1 aliphatic heterocycles. The van der Waals surface area contributed by atoms with E-state index in [4.69, 9.17) is 4.74 Å². The Bertz CT molecular complexity index is 425. The van der Waals surface area contributed by atoms with Gasteiger partial charge in [0.2, 0.25) is 0 Å². The third-order valence-electron chi connectivity index (χ3n) is 3.82.